The number of hydrogen-bond acceptors (Lipinski definition) is 1. The Hall–Kier alpha value is -0.803. The molecular formula is C5H6F7NOSi. The van der Waals surface area contributed by atoms with Crippen molar-refractivity contribution in [3.63, 3.8) is 0 Å². The summed E-state index contributed by atoms with van der Waals surface area (Å²) in [6.45, 7) is 0. The molecule has 0 bridgehead atoms. The highest BCUT2D eigenvalue weighted by molar-refractivity contribution is 6.15. The molecule has 0 spiro atoms. The lowest BCUT2D eigenvalue weighted by Gasteiger charge is -2.29. The first-order chi connectivity index (χ1) is 6.35. The molecule has 0 aliphatic heterocycles. The van der Waals surface area contributed by atoms with Crippen molar-refractivity contribution in [1.29, 1.82) is 0 Å². The fourth-order valence-electron chi connectivity index (χ4n) is 0.593. The molecule has 0 atom stereocenters. The Bertz CT molecular complexity index is 261. The van der Waals surface area contributed by atoms with Gasteiger partial charge in [0, 0.05) is 0 Å². The molecule has 0 aliphatic carbocycles. The van der Waals surface area contributed by atoms with E-state index in [2.05, 4.69) is 0 Å². The molecule has 0 saturated carbocycles. The SMILES string of the molecule is CN([SiH3])C(=O)C(F)(F)C(F)(F)C(F)(F)F. The molecular weight excluding hydrogens is 251 g/mol. The van der Waals surface area contributed by atoms with Crippen molar-refractivity contribution >= 4 is 16.3 Å². The maximum atomic E-state index is 12.5. The topological polar surface area (TPSA) is 20.3 Å². The number of rotatable bonds is 2. The molecule has 90 valence electrons. The molecule has 0 aliphatic rings. The largest absolute Gasteiger partial charge is 0.460 e. The van der Waals surface area contributed by atoms with Crippen LogP contribution in [0.5, 0.6) is 0 Å². The zero-order valence-corrected chi connectivity index (χ0v) is 9.50. The number of nitrogens with zero attached hydrogens (tertiary/aromatic N) is 1. The average Bonchev–Trinajstić information content (AvgIpc) is 2.00. The van der Waals surface area contributed by atoms with Gasteiger partial charge in [0.1, 0.15) is 10.4 Å². The van der Waals surface area contributed by atoms with E-state index in [1.807, 2.05) is 0 Å². The van der Waals surface area contributed by atoms with Crippen LogP contribution in [0.15, 0.2) is 0 Å². The molecule has 2 nitrogen and oxygen atoms in total. The smallest absolute Gasteiger partial charge is 0.375 e. The van der Waals surface area contributed by atoms with Gasteiger partial charge in [-0.15, -0.1) is 0 Å². The van der Waals surface area contributed by atoms with Crippen LogP contribution in [0.2, 0.25) is 0 Å². The molecule has 0 rings (SSSR count). The van der Waals surface area contributed by atoms with Gasteiger partial charge in [-0.3, -0.25) is 4.79 Å². The molecule has 0 heterocycles. The molecule has 0 unspecified atom stereocenters. The van der Waals surface area contributed by atoms with Gasteiger partial charge in [-0.25, -0.2) is 0 Å². The first-order valence-electron chi connectivity index (χ1n) is 3.40. The van der Waals surface area contributed by atoms with Gasteiger partial charge in [-0.1, -0.05) is 0 Å². The number of halogens is 7. The zero-order chi connectivity index (χ0) is 12.7. The van der Waals surface area contributed by atoms with Gasteiger partial charge in [0.15, 0.2) is 0 Å². The Kier molecular flexibility index (Phi) is 3.45. The van der Waals surface area contributed by atoms with Gasteiger partial charge in [0.25, 0.3) is 5.91 Å². The lowest BCUT2D eigenvalue weighted by Crippen LogP contribution is -2.59. The van der Waals surface area contributed by atoms with Gasteiger partial charge in [0.2, 0.25) is 0 Å². The first-order valence-corrected chi connectivity index (χ1v) is 4.29. The van der Waals surface area contributed by atoms with E-state index in [0.29, 0.717) is 7.05 Å². The summed E-state index contributed by atoms with van der Waals surface area (Å²) >= 11 is 0. The summed E-state index contributed by atoms with van der Waals surface area (Å²) in [6, 6.07) is 0. The second kappa shape index (κ2) is 3.65. The highest BCUT2D eigenvalue weighted by Crippen LogP contribution is 2.46. The van der Waals surface area contributed by atoms with Crippen molar-refractivity contribution in [3.8, 4) is 0 Å². The average molecular weight is 257 g/mol. The van der Waals surface area contributed by atoms with E-state index < -0.39 is 34.3 Å². The number of alkyl halides is 7. The molecule has 0 fully saturated rings. The van der Waals surface area contributed by atoms with Crippen LogP contribution in [0.25, 0.3) is 0 Å². The highest BCUT2D eigenvalue weighted by atomic mass is 28.2. The Morgan fingerprint density at radius 3 is 1.60 bits per heavy atom. The monoisotopic (exact) mass is 257 g/mol. The van der Waals surface area contributed by atoms with Crippen molar-refractivity contribution in [1.82, 2.24) is 4.57 Å². The van der Waals surface area contributed by atoms with Crippen LogP contribution in [0.4, 0.5) is 30.7 Å². The van der Waals surface area contributed by atoms with Gasteiger partial charge < -0.3 is 4.57 Å². The fourth-order valence-corrected chi connectivity index (χ4v) is 0.874. The van der Waals surface area contributed by atoms with Crippen molar-refractivity contribution in [2.75, 3.05) is 7.05 Å². The molecule has 0 aromatic heterocycles. The van der Waals surface area contributed by atoms with Crippen LogP contribution in [0.1, 0.15) is 0 Å². The van der Waals surface area contributed by atoms with E-state index in [1.165, 1.54) is 0 Å². The molecule has 15 heavy (non-hydrogen) atoms. The Morgan fingerprint density at radius 2 is 1.40 bits per heavy atom. The number of carbonyl (C=O) groups excluding carboxylic acids is 1. The van der Waals surface area contributed by atoms with E-state index in [9.17, 15) is 35.5 Å². The second-order valence-electron chi connectivity index (χ2n) is 2.85. The predicted octanol–water partition coefficient (Wildman–Crippen LogP) is 0.558. The minimum Gasteiger partial charge on any atom is -0.375 e. The summed E-state index contributed by atoms with van der Waals surface area (Å²) < 4.78 is 84.2. The number of carbonyl (C=O) groups is 1. The summed E-state index contributed by atoms with van der Waals surface area (Å²) in [6.07, 6.45) is -6.47. The third-order valence-corrected chi connectivity index (χ3v) is 1.83. The van der Waals surface area contributed by atoms with Crippen LogP contribution in [-0.2, 0) is 4.79 Å². The van der Waals surface area contributed by atoms with Gasteiger partial charge in [-0.2, -0.15) is 30.7 Å². The lowest BCUT2D eigenvalue weighted by atomic mass is 10.1. The molecule has 10 heteroatoms. The van der Waals surface area contributed by atoms with E-state index in [4.69, 9.17) is 0 Å². The molecule has 0 aromatic carbocycles. The standard InChI is InChI=1S/C5H6F7NOSi/c1-13(15)2(14)3(6,7)4(8,9)5(10,11)12/h1,15H3. The van der Waals surface area contributed by atoms with Crippen molar-refractivity contribution in [2.24, 2.45) is 0 Å². The predicted molar refractivity (Wildman–Crippen MR) is 38.7 cm³/mol. The number of amides is 1. The molecule has 0 radical (unpaired) electrons. The van der Waals surface area contributed by atoms with Gasteiger partial charge in [-0.05, 0) is 7.05 Å². The third kappa shape index (κ3) is 2.24. The van der Waals surface area contributed by atoms with Gasteiger partial charge in [0.05, 0.1) is 0 Å². The lowest BCUT2D eigenvalue weighted by molar-refractivity contribution is -0.345. The minimum absolute atomic E-state index is 0.0969. The summed E-state index contributed by atoms with van der Waals surface area (Å²) in [5.41, 5.74) is 0. The molecule has 1 amide bonds. The maximum Gasteiger partial charge on any atom is 0.460 e. The normalized spacial score (nSPS) is 14.1. The fraction of sp³-hybridized carbons (Fsp3) is 0.800. The van der Waals surface area contributed by atoms with E-state index in [1.54, 1.807) is 0 Å². The van der Waals surface area contributed by atoms with Crippen LogP contribution >= 0.6 is 0 Å². The third-order valence-electron chi connectivity index (χ3n) is 1.43. The maximum absolute atomic E-state index is 12.5. The number of hydrogen-bond donors (Lipinski definition) is 0. The van der Waals surface area contributed by atoms with Gasteiger partial charge >= 0.3 is 18.0 Å². The Balaban J connectivity index is 5.29. The molecule has 0 saturated heterocycles. The highest BCUT2D eigenvalue weighted by Gasteiger charge is 2.76. The summed E-state index contributed by atoms with van der Waals surface area (Å²) in [5, 5.41) is 0. The zero-order valence-electron chi connectivity index (χ0n) is 7.50. The second-order valence-corrected chi connectivity index (χ2v) is 4.19. The quantitative estimate of drug-likeness (QED) is 0.523. The summed E-state index contributed by atoms with van der Waals surface area (Å²) in [4.78, 5) is 10.5. The van der Waals surface area contributed by atoms with Crippen LogP contribution in [-0.4, -0.2) is 45.9 Å². The minimum atomic E-state index is -6.47. The summed E-state index contributed by atoms with van der Waals surface area (Å²) in [5.74, 6) is -14.7. The van der Waals surface area contributed by atoms with E-state index in [-0.39, 0.29) is 4.57 Å². The Labute approximate surface area is 82.5 Å². The van der Waals surface area contributed by atoms with E-state index >= 15 is 0 Å². The van der Waals surface area contributed by atoms with E-state index in [0.717, 1.165) is 0 Å². The molecule has 0 N–H and O–H groups in total. The van der Waals surface area contributed by atoms with Crippen molar-refractivity contribution in [2.45, 2.75) is 18.0 Å². The Morgan fingerprint density at radius 1 is 1.07 bits per heavy atom. The summed E-state index contributed by atoms with van der Waals surface area (Å²) in [7, 11) is 0.311. The first kappa shape index (κ1) is 14.2. The van der Waals surface area contributed by atoms with Crippen LogP contribution in [0.3, 0.4) is 0 Å². The van der Waals surface area contributed by atoms with Crippen LogP contribution < -0.4 is 0 Å². The van der Waals surface area contributed by atoms with Crippen molar-refractivity contribution < 1.29 is 35.5 Å². The van der Waals surface area contributed by atoms with Crippen molar-refractivity contribution in [3.05, 3.63) is 0 Å². The molecule has 0 aromatic rings. The van der Waals surface area contributed by atoms with Crippen LogP contribution in [0, 0.1) is 0 Å².